The van der Waals surface area contributed by atoms with E-state index < -0.39 is 0 Å². The first-order valence-electron chi connectivity index (χ1n) is 3.01. The van der Waals surface area contributed by atoms with Gasteiger partial charge in [-0.2, -0.15) is 9.89 Å². The maximum absolute atomic E-state index is 5.32. The van der Waals surface area contributed by atoms with Crippen molar-refractivity contribution >= 4 is 0 Å². The molecular weight excluding hydrogens is 114 g/mol. The number of hydrogen-bond acceptors (Lipinski definition) is 2. The number of nitrogens with zero attached hydrogens (tertiary/aromatic N) is 2. The molecule has 0 unspecified atom stereocenters. The fourth-order valence-electron chi connectivity index (χ4n) is 0.661. The molecule has 0 aromatic carbocycles. The van der Waals surface area contributed by atoms with Crippen LogP contribution in [0.4, 0.5) is 0 Å². The van der Waals surface area contributed by atoms with Crippen LogP contribution in [0.2, 0.25) is 0 Å². The van der Waals surface area contributed by atoms with Crippen molar-refractivity contribution in [1.29, 1.82) is 0 Å². The van der Waals surface area contributed by atoms with Gasteiger partial charge in [0.1, 0.15) is 0 Å². The van der Waals surface area contributed by atoms with Crippen LogP contribution in [-0.4, -0.2) is 9.89 Å². The smallest absolute Gasteiger partial charge is 0.0670 e. The van der Waals surface area contributed by atoms with Gasteiger partial charge in [-0.1, -0.05) is 13.8 Å². The van der Waals surface area contributed by atoms with E-state index in [-0.39, 0.29) is 0 Å². The molecule has 3 nitrogen and oxygen atoms in total. The summed E-state index contributed by atoms with van der Waals surface area (Å²) < 4.78 is 0. The molecule has 1 rings (SSSR count). The van der Waals surface area contributed by atoms with Crippen LogP contribution in [0.25, 0.3) is 0 Å². The molecule has 0 amide bonds. The molecule has 0 saturated heterocycles. The topological polar surface area (TPSA) is 43.8 Å². The van der Waals surface area contributed by atoms with E-state index in [0.29, 0.717) is 5.92 Å². The summed E-state index contributed by atoms with van der Waals surface area (Å²) in [6.07, 6.45) is 1.75. The second-order valence-corrected chi connectivity index (χ2v) is 2.38. The largest absolute Gasteiger partial charge is 0.323 e. The summed E-state index contributed by atoms with van der Waals surface area (Å²) in [6, 6.07) is 1.92. The van der Waals surface area contributed by atoms with E-state index in [0.717, 1.165) is 5.69 Å². The third-order valence-electron chi connectivity index (χ3n) is 1.22. The molecule has 0 radical (unpaired) electrons. The second kappa shape index (κ2) is 2.09. The van der Waals surface area contributed by atoms with E-state index in [1.165, 1.54) is 4.79 Å². The SMILES string of the molecule is CC(C)c1ccn(N)n1. The molecule has 3 heteroatoms. The van der Waals surface area contributed by atoms with Gasteiger partial charge in [0.25, 0.3) is 0 Å². The highest BCUT2D eigenvalue weighted by atomic mass is 15.5. The lowest BCUT2D eigenvalue weighted by Crippen LogP contribution is -2.08. The standard InChI is InChI=1S/C6H11N3/c1-5(2)6-3-4-9(7)8-6/h3-5H,7H2,1-2H3. The first-order valence-corrected chi connectivity index (χ1v) is 3.01. The Morgan fingerprint density at radius 2 is 2.33 bits per heavy atom. The number of rotatable bonds is 1. The van der Waals surface area contributed by atoms with Crippen molar-refractivity contribution in [2.24, 2.45) is 0 Å². The minimum absolute atomic E-state index is 0.467. The van der Waals surface area contributed by atoms with Crippen LogP contribution in [0.3, 0.4) is 0 Å². The normalized spacial score (nSPS) is 10.6. The average molecular weight is 125 g/mol. The first kappa shape index (κ1) is 6.13. The van der Waals surface area contributed by atoms with Crippen molar-refractivity contribution in [3.63, 3.8) is 0 Å². The second-order valence-electron chi connectivity index (χ2n) is 2.38. The molecule has 1 heterocycles. The summed E-state index contributed by atoms with van der Waals surface area (Å²) in [5.41, 5.74) is 1.04. The molecule has 2 N–H and O–H groups in total. The first-order chi connectivity index (χ1) is 4.20. The molecule has 0 aliphatic rings. The van der Waals surface area contributed by atoms with Crippen LogP contribution in [0, 0.1) is 0 Å². The highest BCUT2D eigenvalue weighted by Crippen LogP contribution is 2.08. The number of aromatic nitrogens is 2. The lowest BCUT2D eigenvalue weighted by Gasteiger charge is -1.95. The summed E-state index contributed by atoms with van der Waals surface area (Å²) in [7, 11) is 0. The van der Waals surface area contributed by atoms with Gasteiger partial charge in [-0.15, -0.1) is 0 Å². The maximum atomic E-state index is 5.32. The Balaban J connectivity index is 2.85. The fraction of sp³-hybridized carbons (Fsp3) is 0.500. The molecular formula is C6H11N3. The molecule has 0 bridgehead atoms. The highest BCUT2D eigenvalue weighted by Gasteiger charge is 1.99. The van der Waals surface area contributed by atoms with E-state index in [9.17, 15) is 0 Å². The summed E-state index contributed by atoms with van der Waals surface area (Å²) >= 11 is 0. The summed E-state index contributed by atoms with van der Waals surface area (Å²) in [5.74, 6) is 5.79. The van der Waals surface area contributed by atoms with Gasteiger partial charge in [0.15, 0.2) is 0 Å². The van der Waals surface area contributed by atoms with Crippen molar-refractivity contribution in [2.45, 2.75) is 19.8 Å². The number of hydrogen-bond donors (Lipinski definition) is 1. The summed E-state index contributed by atoms with van der Waals surface area (Å²) in [4.78, 5) is 1.33. The number of nitrogen functional groups attached to an aromatic ring is 1. The average Bonchev–Trinajstić information content (AvgIpc) is 2.14. The predicted octanol–water partition coefficient (Wildman–Crippen LogP) is 0.720. The summed E-state index contributed by atoms with van der Waals surface area (Å²) in [5, 5.41) is 4.00. The molecule has 1 aromatic rings. The van der Waals surface area contributed by atoms with Gasteiger partial charge in [0, 0.05) is 6.20 Å². The van der Waals surface area contributed by atoms with E-state index in [2.05, 4.69) is 18.9 Å². The third-order valence-corrected chi connectivity index (χ3v) is 1.22. The monoisotopic (exact) mass is 125 g/mol. The molecule has 1 aromatic heterocycles. The van der Waals surface area contributed by atoms with Gasteiger partial charge < -0.3 is 5.84 Å². The third kappa shape index (κ3) is 1.22. The van der Waals surface area contributed by atoms with Crippen LogP contribution < -0.4 is 5.84 Å². The highest BCUT2D eigenvalue weighted by molar-refractivity contribution is 5.03. The maximum Gasteiger partial charge on any atom is 0.0670 e. The van der Waals surface area contributed by atoms with Crippen LogP contribution in [0.15, 0.2) is 12.3 Å². The van der Waals surface area contributed by atoms with Gasteiger partial charge in [-0.3, -0.25) is 0 Å². The Hall–Kier alpha value is -0.990. The molecule has 0 spiro atoms. The van der Waals surface area contributed by atoms with Crippen LogP contribution in [-0.2, 0) is 0 Å². The molecule has 9 heavy (non-hydrogen) atoms. The van der Waals surface area contributed by atoms with Crippen molar-refractivity contribution in [2.75, 3.05) is 5.84 Å². The minimum Gasteiger partial charge on any atom is -0.323 e. The van der Waals surface area contributed by atoms with E-state index >= 15 is 0 Å². The van der Waals surface area contributed by atoms with E-state index in [1.807, 2.05) is 6.07 Å². The molecule has 0 aliphatic carbocycles. The zero-order valence-electron chi connectivity index (χ0n) is 5.70. The Morgan fingerprint density at radius 1 is 1.67 bits per heavy atom. The fourth-order valence-corrected chi connectivity index (χ4v) is 0.661. The Bertz CT molecular complexity index is 190. The lowest BCUT2D eigenvalue weighted by atomic mass is 10.1. The van der Waals surface area contributed by atoms with E-state index in [4.69, 9.17) is 5.84 Å². The predicted molar refractivity (Wildman–Crippen MR) is 36.5 cm³/mol. The van der Waals surface area contributed by atoms with Crippen molar-refractivity contribution in [1.82, 2.24) is 9.89 Å². The molecule has 0 aliphatic heterocycles. The summed E-state index contributed by atoms with van der Waals surface area (Å²) in [6.45, 7) is 4.17. The lowest BCUT2D eigenvalue weighted by molar-refractivity contribution is 0.748. The Kier molecular flexibility index (Phi) is 1.42. The molecule has 50 valence electrons. The van der Waals surface area contributed by atoms with Gasteiger partial charge in [-0.25, -0.2) is 0 Å². The van der Waals surface area contributed by atoms with Gasteiger partial charge >= 0.3 is 0 Å². The molecule has 0 atom stereocenters. The van der Waals surface area contributed by atoms with Crippen molar-refractivity contribution in [3.05, 3.63) is 18.0 Å². The van der Waals surface area contributed by atoms with Gasteiger partial charge in [0.2, 0.25) is 0 Å². The zero-order valence-corrected chi connectivity index (χ0v) is 5.70. The Morgan fingerprint density at radius 3 is 2.56 bits per heavy atom. The van der Waals surface area contributed by atoms with Crippen molar-refractivity contribution in [3.8, 4) is 0 Å². The van der Waals surface area contributed by atoms with E-state index in [1.54, 1.807) is 6.20 Å². The zero-order chi connectivity index (χ0) is 6.85. The van der Waals surface area contributed by atoms with Crippen molar-refractivity contribution < 1.29 is 0 Å². The molecule has 0 saturated carbocycles. The number of nitrogens with two attached hydrogens (primary N) is 1. The van der Waals surface area contributed by atoms with Crippen LogP contribution >= 0.6 is 0 Å². The van der Waals surface area contributed by atoms with Crippen LogP contribution in [0.1, 0.15) is 25.5 Å². The molecule has 0 fully saturated rings. The van der Waals surface area contributed by atoms with Crippen LogP contribution in [0.5, 0.6) is 0 Å². The Labute approximate surface area is 54.4 Å². The van der Waals surface area contributed by atoms with Gasteiger partial charge in [-0.05, 0) is 12.0 Å². The minimum atomic E-state index is 0.467. The quantitative estimate of drug-likeness (QED) is 0.562. The van der Waals surface area contributed by atoms with Gasteiger partial charge in [0.05, 0.1) is 5.69 Å².